The first-order chi connectivity index (χ1) is 12.8. The highest BCUT2D eigenvalue weighted by molar-refractivity contribution is 5.93. The van der Waals surface area contributed by atoms with Crippen molar-refractivity contribution in [1.82, 2.24) is 29.9 Å². The Labute approximate surface area is 149 Å². The van der Waals surface area contributed by atoms with Gasteiger partial charge in [0, 0.05) is 24.7 Å². The summed E-state index contributed by atoms with van der Waals surface area (Å²) < 4.78 is 1.52. The number of carbonyl (C=O) groups excluding carboxylic acids is 1. The summed E-state index contributed by atoms with van der Waals surface area (Å²) in [4.78, 5) is 25.3. The smallest absolute Gasteiger partial charge is 0.270 e. The van der Waals surface area contributed by atoms with Gasteiger partial charge in [0.2, 0.25) is 0 Å². The molecule has 7 nitrogen and oxygen atoms in total. The summed E-state index contributed by atoms with van der Waals surface area (Å²) in [6, 6.07) is 17.1. The number of amides is 1. The highest BCUT2D eigenvalue weighted by Crippen LogP contribution is 2.15. The molecule has 1 aromatic carbocycles. The molecule has 128 valence electrons. The zero-order valence-electron chi connectivity index (χ0n) is 13.9. The van der Waals surface area contributed by atoms with E-state index in [1.54, 1.807) is 24.4 Å². The zero-order valence-corrected chi connectivity index (χ0v) is 13.9. The summed E-state index contributed by atoms with van der Waals surface area (Å²) in [6.07, 6.45) is 3.71. The summed E-state index contributed by atoms with van der Waals surface area (Å²) in [6.45, 7) is 0.433. The van der Waals surface area contributed by atoms with E-state index in [1.165, 1.54) is 10.8 Å². The first-order valence-corrected chi connectivity index (χ1v) is 8.25. The van der Waals surface area contributed by atoms with Crippen molar-refractivity contribution >= 4 is 11.6 Å². The van der Waals surface area contributed by atoms with E-state index in [-0.39, 0.29) is 5.91 Å². The number of hydrogen-bond acceptors (Lipinski definition) is 5. The van der Waals surface area contributed by atoms with Gasteiger partial charge in [0.05, 0.1) is 5.69 Å². The maximum Gasteiger partial charge on any atom is 0.270 e. The molecule has 0 saturated carbocycles. The molecule has 1 amide bonds. The second-order valence-electron chi connectivity index (χ2n) is 5.67. The van der Waals surface area contributed by atoms with E-state index in [1.807, 2.05) is 36.4 Å². The van der Waals surface area contributed by atoms with Crippen LogP contribution in [-0.2, 0) is 6.42 Å². The van der Waals surface area contributed by atoms with Gasteiger partial charge in [-0.1, -0.05) is 36.4 Å². The number of nitrogens with one attached hydrogen (secondary N) is 1. The third-order valence-corrected chi connectivity index (χ3v) is 3.94. The van der Waals surface area contributed by atoms with E-state index in [0.29, 0.717) is 30.1 Å². The summed E-state index contributed by atoms with van der Waals surface area (Å²) in [5, 5.41) is 6.95. The maximum atomic E-state index is 12.4. The molecule has 4 aromatic rings. The Balaban J connectivity index is 1.42. The van der Waals surface area contributed by atoms with Gasteiger partial charge in [-0.25, -0.2) is 19.5 Å². The second kappa shape index (κ2) is 7.10. The molecule has 0 spiro atoms. The molecule has 0 fully saturated rings. The van der Waals surface area contributed by atoms with E-state index in [9.17, 15) is 4.79 Å². The monoisotopic (exact) mass is 344 g/mol. The third-order valence-electron chi connectivity index (χ3n) is 3.94. The second-order valence-corrected chi connectivity index (χ2v) is 5.67. The highest BCUT2D eigenvalue weighted by atomic mass is 16.1. The van der Waals surface area contributed by atoms with Gasteiger partial charge >= 0.3 is 0 Å². The number of hydrogen-bond donors (Lipinski definition) is 1. The predicted octanol–water partition coefficient (Wildman–Crippen LogP) is 2.16. The van der Waals surface area contributed by atoms with Crippen molar-refractivity contribution in [2.24, 2.45) is 0 Å². The normalized spacial score (nSPS) is 10.8. The van der Waals surface area contributed by atoms with Crippen molar-refractivity contribution in [2.75, 3.05) is 6.54 Å². The SMILES string of the molecule is O=C(NCCc1nccc(-c2ccccc2)n1)c1cccc2ncnn12. The molecular weight excluding hydrogens is 328 g/mol. The first kappa shape index (κ1) is 15.9. The van der Waals surface area contributed by atoms with Crippen LogP contribution in [0.2, 0.25) is 0 Å². The molecule has 0 aliphatic carbocycles. The fraction of sp³-hybridized carbons (Fsp3) is 0.105. The van der Waals surface area contributed by atoms with Crippen LogP contribution in [0.1, 0.15) is 16.3 Å². The topological polar surface area (TPSA) is 85.1 Å². The molecule has 26 heavy (non-hydrogen) atoms. The average molecular weight is 344 g/mol. The van der Waals surface area contributed by atoms with Gasteiger partial charge in [0.1, 0.15) is 17.8 Å². The molecule has 4 rings (SSSR count). The van der Waals surface area contributed by atoms with Crippen molar-refractivity contribution in [3.05, 3.63) is 78.6 Å². The molecule has 0 saturated heterocycles. The van der Waals surface area contributed by atoms with Crippen LogP contribution in [0.3, 0.4) is 0 Å². The van der Waals surface area contributed by atoms with Crippen molar-refractivity contribution in [3.8, 4) is 11.3 Å². The van der Waals surface area contributed by atoms with Gasteiger partial charge < -0.3 is 5.32 Å². The molecule has 0 aliphatic heterocycles. The lowest BCUT2D eigenvalue weighted by Gasteiger charge is -2.07. The van der Waals surface area contributed by atoms with Crippen LogP contribution in [0.5, 0.6) is 0 Å². The summed E-state index contributed by atoms with van der Waals surface area (Å²) in [7, 11) is 0. The van der Waals surface area contributed by atoms with Gasteiger partial charge in [-0.05, 0) is 18.2 Å². The minimum atomic E-state index is -0.208. The quantitative estimate of drug-likeness (QED) is 0.600. The minimum absolute atomic E-state index is 0.208. The van der Waals surface area contributed by atoms with E-state index >= 15 is 0 Å². The van der Waals surface area contributed by atoms with Gasteiger partial charge in [-0.15, -0.1) is 0 Å². The van der Waals surface area contributed by atoms with Crippen LogP contribution in [0, 0.1) is 0 Å². The van der Waals surface area contributed by atoms with Crippen LogP contribution in [0.15, 0.2) is 67.1 Å². The fourth-order valence-corrected chi connectivity index (χ4v) is 2.69. The highest BCUT2D eigenvalue weighted by Gasteiger charge is 2.11. The van der Waals surface area contributed by atoms with Gasteiger partial charge in [0.25, 0.3) is 5.91 Å². The standard InChI is InChI=1S/C19H16N6O/c26-19(16-7-4-8-18-22-13-23-25(16)18)21-12-10-17-20-11-9-15(24-17)14-5-2-1-3-6-14/h1-9,11,13H,10,12H2,(H,21,26). The summed E-state index contributed by atoms with van der Waals surface area (Å²) in [5.41, 5.74) is 2.99. The molecule has 0 aliphatic rings. The summed E-state index contributed by atoms with van der Waals surface area (Å²) >= 11 is 0. The van der Waals surface area contributed by atoms with Crippen molar-refractivity contribution in [3.63, 3.8) is 0 Å². The molecule has 0 bridgehead atoms. The molecular formula is C19H16N6O. The Bertz CT molecular complexity index is 1040. The zero-order chi connectivity index (χ0) is 17.8. The number of rotatable bonds is 5. The van der Waals surface area contributed by atoms with Gasteiger partial charge in [-0.2, -0.15) is 5.10 Å². The number of aromatic nitrogens is 5. The van der Waals surface area contributed by atoms with Crippen LogP contribution in [0.4, 0.5) is 0 Å². The van der Waals surface area contributed by atoms with Gasteiger partial charge in [0.15, 0.2) is 5.65 Å². The van der Waals surface area contributed by atoms with Crippen LogP contribution in [0.25, 0.3) is 16.9 Å². The Hall–Kier alpha value is -3.61. The lowest BCUT2D eigenvalue weighted by Crippen LogP contribution is -2.28. The third kappa shape index (κ3) is 3.27. The average Bonchev–Trinajstić information content (AvgIpc) is 3.18. The largest absolute Gasteiger partial charge is 0.350 e. The Morgan fingerprint density at radius 1 is 1.00 bits per heavy atom. The number of fused-ring (bicyclic) bond motifs is 1. The summed E-state index contributed by atoms with van der Waals surface area (Å²) in [5.74, 6) is 0.478. The molecule has 3 aromatic heterocycles. The minimum Gasteiger partial charge on any atom is -0.350 e. The molecule has 7 heteroatoms. The van der Waals surface area contributed by atoms with Crippen LogP contribution < -0.4 is 5.32 Å². The number of pyridine rings is 1. The van der Waals surface area contributed by atoms with Crippen LogP contribution in [-0.4, -0.2) is 37.0 Å². The van der Waals surface area contributed by atoms with E-state index < -0.39 is 0 Å². The first-order valence-electron chi connectivity index (χ1n) is 8.25. The van der Waals surface area contributed by atoms with Crippen LogP contribution >= 0.6 is 0 Å². The number of carbonyl (C=O) groups is 1. The lowest BCUT2D eigenvalue weighted by atomic mass is 10.1. The molecule has 0 unspecified atom stereocenters. The predicted molar refractivity (Wildman–Crippen MR) is 96.5 cm³/mol. The molecule has 3 heterocycles. The van der Waals surface area contributed by atoms with Gasteiger partial charge in [-0.3, -0.25) is 4.79 Å². The van der Waals surface area contributed by atoms with Crippen molar-refractivity contribution in [1.29, 1.82) is 0 Å². The Kier molecular flexibility index (Phi) is 4.34. The van der Waals surface area contributed by atoms with Crippen molar-refractivity contribution < 1.29 is 4.79 Å². The number of nitrogens with zero attached hydrogens (tertiary/aromatic N) is 5. The van der Waals surface area contributed by atoms with E-state index in [0.717, 1.165) is 11.3 Å². The van der Waals surface area contributed by atoms with E-state index in [2.05, 4.69) is 25.4 Å². The maximum absolute atomic E-state index is 12.4. The van der Waals surface area contributed by atoms with Crippen molar-refractivity contribution in [2.45, 2.75) is 6.42 Å². The lowest BCUT2D eigenvalue weighted by molar-refractivity contribution is 0.0946. The fourth-order valence-electron chi connectivity index (χ4n) is 2.69. The Morgan fingerprint density at radius 3 is 2.77 bits per heavy atom. The van der Waals surface area contributed by atoms with E-state index in [4.69, 9.17) is 0 Å². The number of benzene rings is 1. The molecule has 0 radical (unpaired) electrons. The molecule has 0 atom stereocenters. The molecule has 1 N–H and O–H groups in total. The Morgan fingerprint density at radius 2 is 1.88 bits per heavy atom.